The van der Waals surface area contributed by atoms with Gasteiger partial charge in [-0.15, -0.1) is 0 Å². The van der Waals surface area contributed by atoms with Crippen LogP contribution in [0.2, 0.25) is 0 Å². The Balaban J connectivity index is 1.37. The molecule has 4 aromatic rings. The van der Waals surface area contributed by atoms with E-state index in [-0.39, 0.29) is 11.7 Å². The van der Waals surface area contributed by atoms with E-state index in [4.69, 9.17) is 9.47 Å². The molecule has 1 fully saturated rings. The molecule has 6 heteroatoms. The molecule has 0 bridgehead atoms. The molecule has 0 saturated carbocycles. The predicted molar refractivity (Wildman–Crippen MR) is 144 cm³/mol. The molecule has 0 N–H and O–H groups in total. The fourth-order valence-corrected chi connectivity index (χ4v) is 4.91. The van der Waals surface area contributed by atoms with Gasteiger partial charge in [0.25, 0.3) is 5.91 Å². The second-order valence-corrected chi connectivity index (χ2v) is 9.57. The Morgan fingerprint density at radius 2 is 1.59 bits per heavy atom. The molecule has 1 aliphatic rings. The van der Waals surface area contributed by atoms with Gasteiger partial charge in [0.2, 0.25) is 0 Å². The van der Waals surface area contributed by atoms with E-state index in [2.05, 4.69) is 4.57 Å². The zero-order valence-electron chi connectivity index (χ0n) is 21.6. The van der Waals surface area contributed by atoms with E-state index in [1.165, 1.54) is 0 Å². The van der Waals surface area contributed by atoms with Gasteiger partial charge in [-0.25, -0.2) is 0 Å². The van der Waals surface area contributed by atoms with Crippen molar-refractivity contribution in [1.82, 2.24) is 9.47 Å². The van der Waals surface area contributed by atoms with Crippen LogP contribution in [0.1, 0.15) is 39.7 Å². The van der Waals surface area contributed by atoms with E-state index in [9.17, 15) is 9.59 Å². The Morgan fingerprint density at radius 3 is 2.30 bits per heavy atom. The lowest BCUT2D eigenvalue weighted by molar-refractivity contribution is -0.147. The van der Waals surface area contributed by atoms with Crippen LogP contribution in [0.5, 0.6) is 0 Å². The van der Waals surface area contributed by atoms with Crippen LogP contribution < -0.4 is 0 Å². The van der Waals surface area contributed by atoms with Crippen LogP contribution in [0.4, 0.5) is 0 Å². The molecule has 0 aliphatic carbocycles. The molecular formula is C31H32N2O4. The number of nitrogens with zero attached hydrogens (tertiary/aromatic N) is 2. The van der Waals surface area contributed by atoms with E-state index >= 15 is 0 Å². The third kappa shape index (κ3) is 5.08. The first-order chi connectivity index (χ1) is 17.9. The molecule has 1 saturated heterocycles. The molecule has 1 amide bonds. The molecule has 5 rings (SSSR count). The van der Waals surface area contributed by atoms with Crippen molar-refractivity contribution in [2.45, 2.75) is 33.5 Å². The molecule has 3 aromatic carbocycles. The topological polar surface area (TPSA) is 60.8 Å². The van der Waals surface area contributed by atoms with Gasteiger partial charge in [0.15, 0.2) is 5.78 Å². The Labute approximate surface area is 217 Å². The van der Waals surface area contributed by atoms with Crippen LogP contribution in [0, 0.1) is 13.8 Å². The molecule has 1 atom stereocenters. The summed E-state index contributed by atoms with van der Waals surface area (Å²) in [5.41, 5.74) is 6.38. The minimum absolute atomic E-state index is 0.000120. The number of ether oxygens (including phenoxy) is 2. The van der Waals surface area contributed by atoms with Gasteiger partial charge < -0.3 is 18.9 Å². The number of hydrogen-bond donors (Lipinski definition) is 0. The normalized spacial score (nSPS) is 14.6. The fraction of sp³-hybridized carbons (Fsp3) is 0.290. The number of benzene rings is 3. The maximum atomic E-state index is 13.5. The van der Waals surface area contributed by atoms with Crippen LogP contribution in [0.3, 0.4) is 0 Å². The molecule has 1 aliphatic heterocycles. The Kier molecular flexibility index (Phi) is 7.22. The zero-order valence-corrected chi connectivity index (χ0v) is 21.6. The summed E-state index contributed by atoms with van der Waals surface area (Å²) in [5.74, 6) is 0.0246. The van der Waals surface area contributed by atoms with Crippen LogP contribution in [-0.2, 0) is 20.9 Å². The molecule has 190 valence electrons. The number of carbonyl (C=O) groups excluding carboxylic acids is 2. The van der Waals surface area contributed by atoms with Gasteiger partial charge in [-0.1, -0.05) is 60.2 Å². The number of para-hydroxylation sites is 1. The van der Waals surface area contributed by atoms with E-state index in [0.717, 1.165) is 39.0 Å². The van der Waals surface area contributed by atoms with Gasteiger partial charge >= 0.3 is 0 Å². The van der Waals surface area contributed by atoms with Crippen molar-refractivity contribution >= 4 is 22.6 Å². The number of morpholine rings is 1. The van der Waals surface area contributed by atoms with E-state index in [1.54, 1.807) is 11.8 Å². The molecule has 0 radical (unpaired) electrons. The van der Waals surface area contributed by atoms with Crippen molar-refractivity contribution in [1.29, 1.82) is 0 Å². The molecule has 37 heavy (non-hydrogen) atoms. The fourth-order valence-electron chi connectivity index (χ4n) is 4.91. The Hall–Kier alpha value is -3.74. The van der Waals surface area contributed by atoms with Crippen LogP contribution in [0.25, 0.3) is 16.6 Å². The van der Waals surface area contributed by atoms with Gasteiger partial charge in [0, 0.05) is 35.4 Å². The monoisotopic (exact) mass is 496 g/mol. The maximum Gasteiger partial charge on any atom is 0.251 e. The molecule has 0 spiro atoms. The average molecular weight is 497 g/mol. The number of aryl methyl sites for hydroxylation is 1. The first-order valence-corrected chi connectivity index (χ1v) is 12.7. The molecule has 6 nitrogen and oxygen atoms in total. The molecule has 1 aromatic heterocycles. The molecule has 1 unspecified atom stereocenters. The van der Waals surface area contributed by atoms with Crippen molar-refractivity contribution in [3.8, 4) is 5.69 Å². The van der Waals surface area contributed by atoms with Crippen LogP contribution in [-0.4, -0.2) is 53.6 Å². The number of fused-ring (bicyclic) bond motifs is 1. The van der Waals surface area contributed by atoms with Gasteiger partial charge in [-0.05, 0) is 44.5 Å². The number of aromatic nitrogens is 1. The lowest BCUT2D eigenvalue weighted by Gasteiger charge is -2.29. The summed E-state index contributed by atoms with van der Waals surface area (Å²) < 4.78 is 13.4. The third-order valence-corrected chi connectivity index (χ3v) is 7.02. The average Bonchev–Trinajstić information content (AvgIpc) is 3.23. The largest absolute Gasteiger partial charge is 0.378 e. The second-order valence-electron chi connectivity index (χ2n) is 9.57. The number of rotatable bonds is 7. The number of ketones is 1. The summed E-state index contributed by atoms with van der Waals surface area (Å²) in [5, 5.41) is 0.938. The first kappa shape index (κ1) is 24.9. The quantitative estimate of drug-likeness (QED) is 0.328. The molecular weight excluding hydrogens is 464 g/mol. The van der Waals surface area contributed by atoms with Crippen molar-refractivity contribution in [3.05, 3.63) is 101 Å². The van der Waals surface area contributed by atoms with Gasteiger partial charge in [-0.3, -0.25) is 9.59 Å². The lowest BCUT2D eigenvalue weighted by atomic mass is 10.00. The summed E-state index contributed by atoms with van der Waals surface area (Å²) >= 11 is 0. The summed E-state index contributed by atoms with van der Waals surface area (Å²) in [6.45, 7) is 8.53. The zero-order chi connectivity index (χ0) is 25.9. The van der Waals surface area contributed by atoms with Crippen LogP contribution >= 0.6 is 0 Å². The van der Waals surface area contributed by atoms with Gasteiger partial charge in [0.05, 0.1) is 30.9 Å². The standard InChI is InChI=1S/C31H32N2O4/c1-21-8-12-25(13-9-21)30(34)29-22(2)33(28-7-5-4-6-27(28)29)26-14-10-24(11-15-26)20-37-23(3)31(35)32-16-18-36-19-17-32/h4-15,23H,16-20H2,1-3H3. The van der Waals surface area contributed by atoms with Crippen molar-refractivity contribution in [2.24, 2.45) is 0 Å². The highest BCUT2D eigenvalue weighted by atomic mass is 16.5. The summed E-state index contributed by atoms with van der Waals surface area (Å²) in [6, 6.07) is 23.8. The summed E-state index contributed by atoms with van der Waals surface area (Å²) in [6.07, 6.45) is -0.510. The van der Waals surface area contributed by atoms with E-state index < -0.39 is 6.10 Å². The lowest BCUT2D eigenvalue weighted by Crippen LogP contribution is -2.45. The smallest absolute Gasteiger partial charge is 0.251 e. The highest BCUT2D eigenvalue weighted by Crippen LogP contribution is 2.31. The third-order valence-electron chi connectivity index (χ3n) is 7.02. The Bertz CT molecular complexity index is 1410. The molecule has 2 heterocycles. The number of amides is 1. The summed E-state index contributed by atoms with van der Waals surface area (Å²) in [7, 11) is 0. The minimum Gasteiger partial charge on any atom is -0.378 e. The predicted octanol–water partition coefficient (Wildman–Crippen LogP) is 5.24. The first-order valence-electron chi connectivity index (χ1n) is 12.7. The minimum atomic E-state index is -0.510. The number of carbonyl (C=O) groups is 2. The highest BCUT2D eigenvalue weighted by molar-refractivity contribution is 6.17. The maximum absolute atomic E-state index is 13.5. The highest BCUT2D eigenvalue weighted by Gasteiger charge is 2.24. The Morgan fingerprint density at radius 1 is 0.919 bits per heavy atom. The van der Waals surface area contributed by atoms with Crippen molar-refractivity contribution < 1.29 is 19.1 Å². The SMILES string of the molecule is Cc1ccc(C(=O)c2c(C)n(-c3ccc(COC(C)C(=O)N4CCOCC4)cc3)c3ccccc23)cc1. The number of hydrogen-bond acceptors (Lipinski definition) is 4. The summed E-state index contributed by atoms with van der Waals surface area (Å²) in [4.78, 5) is 28.0. The van der Waals surface area contributed by atoms with Gasteiger partial charge in [0.1, 0.15) is 6.10 Å². The van der Waals surface area contributed by atoms with E-state index in [0.29, 0.717) is 38.5 Å². The van der Waals surface area contributed by atoms with Gasteiger partial charge in [-0.2, -0.15) is 0 Å². The van der Waals surface area contributed by atoms with Crippen LogP contribution in [0.15, 0.2) is 72.8 Å². The second kappa shape index (κ2) is 10.7. The van der Waals surface area contributed by atoms with E-state index in [1.807, 2.05) is 86.6 Å². The van der Waals surface area contributed by atoms with Crippen molar-refractivity contribution in [3.63, 3.8) is 0 Å². The van der Waals surface area contributed by atoms with Crippen molar-refractivity contribution in [2.75, 3.05) is 26.3 Å².